The van der Waals surface area contributed by atoms with E-state index in [9.17, 15) is 105 Å². The second-order valence-electron chi connectivity index (χ2n) is 19.1. The number of amides is 6. The SMILES string of the molecule is CC(C)(O/N=C(\C(=O)N[C@@H]1C(=O)N(S(=O)(=O)O)[C@@H]1CNC(=O)c1coc(-c2cc(=O)c(O)cn2O)n1)c1csc(N)n1)C(=O)[O-].CC(C)(O/N=C(\C(=O)N[C@@H]1C(=O)N(S(=O)(=O)O)[C@@H]1CNC(=O)c1coc(-c2cc(=O)c(O)cn2O)n1)c1csc(N)n1)C(=O)[O-].[Na+].[Na+]. The fourth-order valence-electron chi connectivity index (χ4n) is 7.25. The zero-order valence-electron chi connectivity index (χ0n) is 47.5. The molecule has 480 valence electrons. The molecule has 0 unspecified atom stereocenters. The minimum atomic E-state index is -5.19. The van der Waals surface area contributed by atoms with Crippen molar-refractivity contribution in [2.75, 3.05) is 24.6 Å². The second-order valence-corrected chi connectivity index (χ2v) is 23.4. The summed E-state index contributed by atoms with van der Waals surface area (Å²) in [7, 11) is -10.4. The summed E-state index contributed by atoms with van der Waals surface area (Å²) in [5.41, 5.74) is 2.07. The summed E-state index contributed by atoms with van der Waals surface area (Å²) in [6, 6.07) is -5.06. The summed E-state index contributed by atoms with van der Waals surface area (Å²) in [6.07, 6.45) is 2.93. The van der Waals surface area contributed by atoms with Gasteiger partial charge in [-0.3, -0.25) is 47.5 Å². The molecule has 2 fully saturated rings. The molecule has 0 radical (unpaired) electrons. The Bertz CT molecular complexity index is 4080. The maximum Gasteiger partial charge on any atom is 1.00 e. The second kappa shape index (κ2) is 28.6. The smallest absolute Gasteiger partial charge is 0.546 e. The number of β-lactam (4-membered cyclic amide) rings is 2. The Labute approximate surface area is 563 Å². The number of carbonyl (C=O) groups is 8. The molecule has 0 aliphatic carbocycles. The number of aromatic hydroxyl groups is 2. The van der Waals surface area contributed by atoms with Crippen molar-refractivity contribution in [1.29, 1.82) is 0 Å². The fraction of sp³-hybridized carbons (Fsp3) is 0.273. The topological polar surface area (TPSA) is 644 Å². The molecular formula is C44H42N16Na2O26S4. The third-order valence-electron chi connectivity index (χ3n) is 12.0. The van der Waals surface area contributed by atoms with Gasteiger partial charge in [0, 0.05) is 36.0 Å². The number of anilines is 2. The number of carboxylic acid groups (broad SMARTS) is 2. The first-order chi connectivity index (χ1) is 41.8. The van der Waals surface area contributed by atoms with Gasteiger partial charge in [-0.05, 0) is 27.7 Å². The molecule has 14 N–H and O–H groups in total. The zero-order chi connectivity index (χ0) is 66.9. The largest absolute Gasteiger partial charge is 1.00 e. The molecular weight excluding hydrogens is 1340 g/mol. The molecule has 0 aromatic carbocycles. The number of oxime groups is 2. The number of hydrogen-bond acceptors (Lipinski definition) is 34. The number of oxazole rings is 2. The predicted octanol–water partition coefficient (Wildman–Crippen LogP) is -12.7. The van der Waals surface area contributed by atoms with Crippen LogP contribution in [0.4, 0.5) is 10.3 Å². The van der Waals surface area contributed by atoms with Crippen molar-refractivity contribution in [2.24, 2.45) is 10.3 Å². The Morgan fingerprint density at radius 3 is 1.26 bits per heavy atom. The van der Waals surface area contributed by atoms with E-state index >= 15 is 0 Å². The third kappa shape index (κ3) is 16.5. The number of pyridine rings is 2. The molecule has 6 aromatic rings. The molecule has 6 amide bonds. The van der Waals surface area contributed by atoms with Gasteiger partial charge in [0.2, 0.25) is 22.6 Å². The predicted molar refractivity (Wildman–Crippen MR) is 289 cm³/mol. The van der Waals surface area contributed by atoms with Gasteiger partial charge in [-0.2, -0.15) is 26.3 Å². The van der Waals surface area contributed by atoms with Crippen LogP contribution in [-0.2, 0) is 59.1 Å². The summed E-state index contributed by atoms with van der Waals surface area (Å²) in [6.45, 7) is 2.87. The van der Waals surface area contributed by atoms with Crippen LogP contribution in [0.2, 0.25) is 0 Å². The maximum absolute atomic E-state index is 13.1. The molecule has 92 heavy (non-hydrogen) atoms. The molecule has 0 bridgehead atoms. The molecule has 6 aromatic heterocycles. The number of nitrogen functional groups attached to an aromatic ring is 2. The van der Waals surface area contributed by atoms with Crippen LogP contribution in [0.3, 0.4) is 0 Å². The summed E-state index contributed by atoms with van der Waals surface area (Å²) < 4.78 is 77.3. The van der Waals surface area contributed by atoms with Crippen LogP contribution in [0, 0.1) is 0 Å². The molecule has 42 nitrogen and oxygen atoms in total. The van der Waals surface area contributed by atoms with Crippen molar-refractivity contribution in [3.05, 3.63) is 91.0 Å². The van der Waals surface area contributed by atoms with Crippen molar-refractivity contribution in [2.45, 2.75) is 63.1 Å². The minimum absolute atomic E-state index is 0. The van der Waals surface area contributed by atoms with Crippen LogP contribution < -0.4 is 113 Å². The summed E-state index contributed by atoms with van der Waals surface area (Å²) >= 11 is 1.75. The van der Waals surface area contributed by atoms with E-state index in [0.717, 1.165) is 75.0 Å². The monoisotopic (exact) mass is 1380 g/mol. The van der Waals surface area contributed by atoms with Gasteiger partial charge in [-0.15, -0.1) is 22.7 Å². The van der Waals surface area contributed by atoms with Gasteiger partial charge in [-0.25, -0.2) is 28.5 Å². The molecule has 48 heteroatoms. The molecule has 8 heterocycles. The van der Waals surface area contributed by atoms with Gasteiger partial charge >= 0.3 is 79.7 Å². The van der Waals surface area contributed by atoms with Gasteiger partial charge < -0.3 is 91.7 Å². The third-order valence-corrected chi connectivity index (χ3v) is 15.2. The Morgan fingerprint density at radius 2 is 0.967 bits per heavy atom. The number of carboxylic acids is 2. The van der Waals surface area contributed by atoms with E-state index in [1.165, 1.54) is 10.8 Å². The first kappa shape index (κ1) is 73.6. The average molecular weight is 1390 g/mol. The molecule has 2 saturated heterocycles. The van der Waals surface area contributed by atoms with Gasteiger partial charge in [0.05, 0.1) is 36.4 Å². The number of aliphatic carboxylic acids is 2. The van der Waals surface area contributed by atoms with Gasteiger partial charge in [0.25, 0.3) is 35.4 Å². The van der Waals surface area contributed by atoms with Gasteiger partial charge in [0.15, 0.2) is 55.8 Å². The van der Waals surface area contributed by atoms with Crippen LogP contribution >= 0.6 is 22.7 Å². The molecule has 2 aliphatic heterocycles. The molecule has 2 aliphatic rings. The summed E-state index contributed by atoms with van der Waals surface area (Å²) in [5, 5.41) is 79.5. The van der Waals surface area contributed by atoms with Crippen LogP contribution in [0.15, 0.2) is 76.5 Å². The van der Waals surface area contributed by atoms with E-state index in [4.69, 9.17) is 30.0 Å². The number of rotatable bonds is 22. The number of hydrogen-bond donors (Lipinski definition) is 12. The van der Waals surface area contributed by atoms with E-state index in [2.05, 4.69) is 51.5 Å². The zero-order valence-corrected chi connectivity index (χ0v) is 54.7. The summed E-state index contributed by atoms with van der Waals surface area (Å²) in [5.74, 6) is -12.9. The van der Waals surface area contributed by atoms with Crippen molar-refractivity contribution in [3.8, 4) is 34.7 Å². The van der Waals surface area contributed by atoms with E-state index in [1.54, 1.807) is 0 Å². The molecule has 8 rings (SSSR count). The number of aromatic nitrogens is 6. The Kier molecular flexibility index (Phi) is 22.9. The van der Waals surface area contributed by atoms with Crippen LogP contribution in [-0.4, -0.2) is 192 Å². The maximum atomic E-state index is 13.1. The average Bonchev–Trinajstić information content (AvgIpc) is 0.953. The standard InChI is InChI=1S/2C22H22N8O13S2.2Na/c2*1-22(2,20(36)37)43-28-14(9-7-44-21(23)26-9)17(34)27-15-11(30(19(15)35)45(39,40)41)4-24-16(33)8-6-42-18(25-8)10-3-12(31)13(32)5-29(10)38;;/h2*3,5-7,11,15,32,38H,4H2,1-2H3,(H2,23,26)(H,24,33)(H,27,34)(H,36,37)(H,39,40,41);;/q;;2*+1/p-2/b2*28-14-;;/t2*11-,15+;;/m11../s1. The Hall–Kier alpha value is -9.10. The molecule has 4 atom stereocenters. The van der Waals surface area contributed by atoms with Crippen molar-refractivity contribution < 1.29 is 173 Å². The number of nitrogens with two attached hydrogens (primary N) is 2. The van der Waals surface area contributed by atoms with E-state index in [-0.39, 0.29) is 101 Å². The quantitative estimate of drug-likeness (QED) is 0.00750. The molecule has 0 spiro atoms. The van der Waals surface area contributed by atoms with Crippen LogP contribution in [0.1, 0.15) is 60.1 Å². The van der Waals surface area contributed by atoms with Crippen molar-refractivity contribution >= 4 is 112 Å². The number of carbonyl (C=O) groups excluding carboxylic acids is 8. The minimum Gasteiger partial charge on any atom is -0.546 e. The van der Waals surface area contributed by atoms with Crippen molar-refractivity contribution in [1.82, 2.24) is 59.3 Å². The van der Waals surface area contributed by atoms with Gasteiger partial charge in [-0.1, -0.05) is 10.3 Å². The van der Waals surface area contributed by atoms with Crippen LogP contribution in [0.5, 0.6) is 11.5 Å². The number of nitrogens with zero attached hydrogens (tertiary/aromatic N) is 10. The fourth-order valence-corrected chi connectivity index (χ4v) is 10.1. The molecule has 0 saturated carbocycles. The first-order valence-corrected chi connectivity index (χ1v) is 28.8. The Balaban J connectivity index is 0.000000327. The normalized spacial score (nSPS) is 16.6. The number of thiazole rings is 2. The van der Waals surface area contributed by atoms with Gasteiger partial charge in [0.1, 0.15) is 47.4 Å². The Morgan fingerprint density at radius 1 is 0.630 bits per heavy atom. The van der Waals surface area contributed by atoms with E-state index < -0.39 is 173 Å². The van der Waals surface area contributed by atoms with E-state index in [0.29, 0.717) is 21.9 Å². The summed E-state index contributed by atoms with van der Waals surface area (Å²) in [4.78, 5) is 148. The van der Waals surface area contributed by atoms with E-state index in [1.807, 2.05) is 0 Å². The first-order valence-electron chi connectivity index (χ1n) is 24.2. The van der Waals surface area contributed by atoms with Crippen molar-refractivity contribution in [3.63, 3.8) is 0 Å². The van der Waals surface area contributed by atoms with Crippen LogP contribution in [0.25, 0.3) is 23.2 Å². The number of nitrogens with one attached hydrogen (secondary N) is 4.